The molecule has 0 aromatic carbocycles. The molecule has 9 heteroatoms. The molecular weight excluding hydrogens is 260 g/mol. The normalized spacial score (nSPS) is 19.1. The highest BCUT2D eigenvalue weighted by Gasteiger charge is 2.30. The molecule has 0 aromatic heterocycles. The molecule has 0 unspecified atom stereocenters. The maximum Gasteiger partial charge on any atom is 0.203 e. The van der Waals surface area contributed by atoms with E-state index in [1.54, 1.807) is 0 Å². The lowest BCUT2D eigenvalue weighted by molar-refractivity contribution is 0.216. The topological polar surface area (TPSA) is 129 Å². The maximum absolute atomic E-state index is 11.2. The summed E-state index contributed by atoms with van der Waals surface area (Å²) < 4.78 is 44.5. The zero-order valence-electron chi connectivity index (χ0n) is 8.94. The van der Waals surface area contributed by atoms with Crippen molar-refractivity contribution in [2.45, 2.75) is 36.6 Å². The third-order valence-corrected chi connectivity index (χ3v) is 5.81. The van der Waals surface area contributed by atoms with E-state index in [0.29, 0.717) is 0 Å². The maximum atomic E-state index is 11.2. The van der Waals surface area contributed by atoms with E-state index in [0.717, 1.165) is 13.8 Å². The molecule has 0 saturated heterocycles. The summed E-state index contributed by atoms with van der Waals surface area (Å²) in [5, 5.41) is 26.9. The van der Waals surface area contributed by atoms with Crippen LogP contribution in [-0.4, -0.2) is 54.2 Å². The number of rotatable bonds is 6. The first-order valence-electron chi connectivity index (χ1n) is 4.50. The number of aliphatic hydroxyl groups is 3. The molecule has 0 rings (SSSR count). The summed E-state index contributed by atoms with van der Waals surface area (Å²) in [5.41, 5.74) is -5.34. The molecule has 0 heterocycles. The lowest BCUT2D eigenvalue weighted by Gasteiger charge is -2.14. The Morgan fingerprint density at radius 1 is 0.938 bits per heavy atom. The molecule has 0 aliphatic heterocycles. The van der Waals surface area contributed by atoms with Crippen molar-refractivity contribution in [3.05, 3.63) is 0 Å². The lowest BCUT2D eigenvalue weighted by Crippen LogP contribution is -2.32. The van der Waals surface area contributed by atoms with Crippen molar-refractivity contribution in [1.29, 1.82) is 0 Å². The van der Waals surface area contributed by atoms with Gasteiger partial charge in [-0.3, -0.25) is 0 Å². The van der Waals surface area contributed by atoms with Gasteiger partial charge in [-0.2, -0.15) is 0 Å². The van der Waals surface area contributed by atoms with Crippen LogP contribution >= 0.6 is 0 Å². The fraction of sp³-hybridized carbons (Fsp3) is 1.00. The second-order valence-corrected chi connectivity index (χ2v) is 8.22. The van der Waals surface area contributed by atoms with E-state index in [4.69, 9.17) is 10.2 Å². The quantitative estimate of drug-likeness (QED) is 0.522. The highest BCUT2D eigenvalue weighted by Crippen LogP contribution is 2.11. The van der Waals surface area contributed by atoms with E-state index in [2.05, 4.69) is 0 Å². The van der Waals surface area contributed by atoms with Crippen molar-refractivity contribution >= 4 is 19.7 Å². The molecule has 0 bridgehead atoms. The molecule has 0 spiro atoms. The van der Waals surface area contributed by atoms with Crippen molar-refractivity contribution in [1.82, 2.24) is 0 Å². The average molecular weight is 276 g/mol. The molecule has 0 fully saturated rings. The first kappa shape index (κ1) is 15.8. The van der Waals surface area contributed by atoms with Crippen LogP contribution in [0.3, 0.4) is 0 Å². The Hall–Kier alpha value is -0.220. The minimum Gasteiger partial charge on any atom is -0.377 e. The lowest BCUT2D eigenvalue weighted by atomic mass is 10.5. The third kappa shape index (κ3) is 3.98. The van der Waals surface area contributed by atoms with Crippen LogP contribution in [0.5, 0.6) is 0 Å². The monoisotopic (exact) mass is 276 g/mol. The van der Waals surface area contributed by atoms with Gasteiger partial charge in [0.05, 0.1) is 5.75 Å². The summed E-state index contributed by atoms with van der Waals surface area (Å²) >= 11 is 0. The number of sulfone groups is 2. The van der Waals surface area contributed by atoms with Crippen LogP contribution in [0.25, 0.3) is 0 Å². The summed E-state index contributed by atoms with van der Waals surface area (Å²) in [4.78, 5) is 0. The SMILES string of the molecule is C[C@H](O)S(=O)(=O)CC[C@@H](O)S(=O)(=O)[C@@H](C)O. The van der Waals surface area contributed by atoms with E-state index >= 15 is 0 Å². The van der Waals surface area contributed by atoms with E-state index < -0.39 is 48.2 Å². The Morgan fingerprint density at radius 3 is 1.69 bits per heavy atom. The second-order valence-electron chi connectivity index (χ2n) is 3.40. The zero-order chi connectivity index (χ0) is 13.1. The van der Waals surface area contributed by atoms with Crippen molar-refractivity contribution < 1.29 is 32.2 Å². The number of hydrogen-bond acceptors (Lipinski definition) is 7. The number of hydrogen-bond donors (Lipinski definition) is 3. The van der Waals surface area contributed by atoms with Crippen LogP contribution in [0.1, 0.15) is 20.3 Å². The van der Waals surface area contributed by atoms with Gasteiger partial charge in [-0.05, 0) is 13.8 Å². The average Bonchev–Trinajstić information content (AvgIpc) is 2.13. The van der Waals surface area contributed by atoms with E-state index in [1.165, 1.54) is 0 Å². The fourth-order valence-corrected chi connectivity index (χ4v) is 2.77. The molecule has 7 nitrogen and oxygen atoms in total. The summed E-state index contributed by atoms with van der Waals surface area (Å²) in [6.45, 7) is 1.99. The van der Waals surface area contributed by atoms with E-state index in [1.807, 2.05) is 0 Å². The summed E-state index contributed by atoms with van der Waals surface area (Å²) in [6.07, 6.45) is -0.583. The Bertz CT molecular complexity index is 406. The molecule has 3 N–H and O–H groups in total. The van der Waals surface area contributed by atoms with Crippen LogP contribution < -0.4 is 0 Å². The predicted molar refractivity (Wildman–Crippen MR) is 56.7 cm³/mol. The Kier molecular flexibility index (Phi) is 5.33. The van der Waals surface area contributed by atoms with Gasteiger partial charge in [0.15, 0.2) is 26.1 Å². The molecule has 0 aliphatic rings. The van der Waals surface area contributed by atoms with E-state index in [-0.39, 0.29) is 0 Å². The summed E-state index contributed by atoms with van der Waals surface area (Å²) in [7, 11) is -7.99. The summed E-state index contributed by atoms with van der Waals surface area (Å²) in [6, 6.07) is 0. The highest BCUT2D eigenvalue weighted by molar-refractivity contribution is 7.93. The summed E-state index contributed by atoms with van der Waals surface area (Å²) in [5.74, 6) is -0.669. The van der Waals surface area contributed by atoms with Gasteiger partial charge in [0.25, 0.3) is 0 Å². The van der Waals surface area contributed by atoms with Gasteiger partial charge in [-0.1, -0.05) is 0 Å². The molecule has 16 heavy (non-hydrogen) atoms. The zero-order valence-corrected chi connectivity index (χ0v) is 10.6. The molecule has 0 radical (unpaired) electrons. The van der Waals surface area contributed by atoms with Gasteiger partial charge in [0.2, 0.25) is 9.84 Å². The smallest absolute Gasteiger partial charge is 0.203 e. The number of aliphatic hydroxyl groups excluding tert-OH is 3. The van der Waals surface area contributed by atoms with Gasteiger partial charge < -0.3 is 15.3 Å². The Balaban J connectivity index is 4.58. The molecule has 98 valence electrons. The largest absolute Gasteiger partial charge is 0.377 e. The standard InChI is InChI=1S/C7H16O7S2/c1-5(8)15(11,12)4-3-7(10)16(13,14)6(2)9/h5-10H,3-4H2,1-2H3/t5-,6+,7+/m1/s1. The van der Waals surface area contributed by atoms with E-state index in [9.17, 15) is 21.9 Å². The van der Waals surface area contributed by atoms with Gasteiger partial charge in [-0.15, -0.1) is 0 Å². The second kappa shape index (κ2) is 5.41. The van der Waals surface area contributed by atoms with Crippen molar-refractivity contribution in [2.24, 2.45) is 0 Å². The Labute approximate surface area is 94.6 Å². The van der Waals surface area contributed by atoms with Crippen molar-refractivity contribution in [3.8, 4) is 0 Å². The minimum atomic E-state index is -4.16. The van der Waals surface area contributed by atoms with Crippen molar-refractivity contribution in [2.75, 3.05) is 5.75 Å². The molecule has 3 atom stereocenters. The van der Waals surface area contributed by atoms with Gasteiger partial charge >= 0.3 is 0 Å². The van der Waals surface area contributed by atoms with Crippen LogP contribution in [0.4, 0.5) is 0 Å². The molecule has 0 aliphatic carbocycles. The minimum absolute atomic E-state index is 0.583. The fourth-order valence-electron chi connectivity index (χ4n) is 0.827. The molecular formula is C7H16O7S2. The van der Waals surface area contributed by atoms with Gasteiger partial charge in [0, 0.05) is 6.42 Å². The molecule has 0 amide bonds. The van der Waals surface area contributed by atoms with Gasteiger partial charge in [-0.25, -0.2) is 16.8 Å². The molecule has 0 aromatic rings. The molecule has 0 saturated carbocycles. The van der Waals surface area contributed by atoms with Crippen LogP contribution in [-0.2, 0) is 19.7 Å². The van der Waals surface area contributed by atoms with Crippen LogP contribution in [0, 0.1) is 0 Å². The highest BCUT2D eigenvalue weighted by atomic mass is 32.2. The van der Waals surface area contributed by atoms with Crippen LogP contribution in [0.2, 0.25) is 0 Å². The first-order valence-corrected chi connectivity index (χ1v) is 7.82. The van der Waals surface area contributed by atoms with Crippen LogP contribution in [0.15, 0.2) is 0 Å². The predicted octanol–water partition coefficient (Wildman–Crippen LogP) is -1.80. The van der Waals surface area contributed by atoms with Crippen molar-refractivity contribution in [3.63, 3.8) is 0 Å². The Morgan fingerprint density at radius 2 is 1.38 bits per heavy atom. The van der Waals surface area contributed by atoms with Gasteiger partial charge in [0.1, 0.15) is 0 Å². The third-order valence-electron chi connectivity index (χ3n) is 2.02. The first-order chi connectivity index (χ1) is 7.01.